The Bertz CT molecular complexity index is 692. The van der Waals surface area contributed by atoms with Crippen molar-refractivity contribution in [2.45, 2.75) is 25.7 Å². The van der Waals surface area contributed by atoms with Gasteiger partial charge in [0.05, 0.1) is 23.5 Å². The second-order valence-electron chi connectivity index (χ2n) is 5.23. The van der Waals surface area contributed by atoms with Crippen LogP contribution in [0.4, 0.5) is 5.69 Å². The lowest BCUT2D eigenvalue weighted by Crippen LogP contribution is -2.13. The van der Waals surface area contributed by atoms with E-state index >= 15 is 0 Å². The van der Waals surface area contributed by atoms with Crippen molar-refractivity contribution >= 4 is 23.2 Å². The topological polar surface area (TPSA) is 67.0 Å². The molecule has 1 aliphatic carbocycles. The van der Waals surface area contributed by atoms with Gasteiger partial charge in [-0.3, -0.25) is 9.89 Å². The fraction of sp³-hybridized carbons (Fsp3) is 0.333. The van der Waals surface area contributed by atoms with Gasteiger partial charge in [0.1, 0.15) is 5.75 Å². The summed E-state index contributed by atoms with van der Waals surface area (Å²) in [4.78, 5) is 12.3. The van der Waals surface area contributed by atoms with Crippen LogP contribution >= 0.6 is 11.6 Å². The highest BCUT2D eigenvalue weighted by Crippen LogP contribution is 2.42. The summed E-state index contributed by atoms with van der Waals surface area (Å²) >= 11 is 6.24. The molecule has 1 fully saturated rings. The van der Waals surface area contributed by atoms with E-state index in [-0.39, 0.29) is 11.6 Å². The van der Waals surface area contributed by atoms with Crippen LogP contribution in [0.2, 0.25) is 5.02 Å². The molecule has 2 aromatic rings. The number of benzene rings is 1. The molecule has 6 heteroatoms. The number of methoxy groups -OCH3 is 1. The Kier molecular flexibility index (Phi) is 3.59. The van der Waals surface area contributed by atoms with Crippen LogP contribution in [-0.2, 0) is 0 Å². The highest BCUT2D eigenvalue weighted by atomic mass is 35.5. The molecule has 1 aromatic carbocycles. The zero-order valence-electron chi connectivity index (χ0n) is 11.9. The number of carbonyl (C=O) groups excluding carboxylic acids is 1. The Labute approximate surface area is 127 Å². The molecule has 1 aliphatic rings. The van der Waals surface area contributed by atoms with E-state index in [1.54, 1.807) is 7.11 Å². The number of hydrogen-bond acceptors (Lipinski definition) is 3. The minimum atomic E-state index is -0.341. The lowest BCUT2D eigenvalue weighted by atomic mass is 10.2. The molecule has 1 amide bonds. The molecule has 0 spiro atoms. The first kappa shape index (κ1) is 13.9. The monoisotopic (exact) mass is 305 g/mol. The fourth-order valence-corrected chi connectivity index (χ4v) is 2.56. The van der Waals surface area contributed by atoms with E-state index in [2.05, 4.69) is 15.5 Å². The molecule has 1 aromatic heterocycles. The minimum absolute atomic E-state index is 0.224. The number of nitrogens with one attached hydrogen (secondary N) is 2. The number of H-pyrrole nitrogens is 1. The van der Waals surface area contributed by atoms with Crippen LogP contribution in [0, 0.1) is 6.92 Å². The molecule has 110 valence electrons. The maximum absolute atomic E-state index is 12.3. The van der Waals surface area contributed by atoms with Gasteiger partial charge >= 0.3 is 0 Å². The summed E-state index contributed by atoms with van der Waals surface area (Å²) in [5.41, 5.74) is 2.72. The summed E-state index contributed by atoms with van der Waals surface area (Å²) in [6, 6.07) is 5.58. The molecule has 1 heterocycles. The second kappa shape index (κ2) is 5.41. The molecule has 0 unspecified atom stereocenters. The number of halogens is 1. The maximum Gasteiger partial charge on any atom is 0.277 e. The Morgan fingerprint density at radius 2 is 2.24 bits per heavy atom. The SMILES string of the molecule is COc1ccc(C)cc1NC(=O)c1n[nH]c(C2CC2)c1Cl. The van der Waals surface area contributed by atoms with Gasteiger partial charge in [-0.05, 0) is 37.5 Å². The number of aryl methyl sites for hydroxylation is 1. The van der Waals surface area contributed by atoms with Gasteiger partial charge in [-0.1, -0.05) is 17.7 Å². The number of aromatic nitrogens is 2. The summed E-state index contributed by atoms with van der Waals surface area (Å²) < 4.78 is 5.24. The van der Waals surface area contributed by atoms with Gasteiger partial charge in [0.2, 0.25) is 0 Å². The van der Waals surface area contributed by atoms with Crippen molar-refractivity contribution in [3.63, 3.8) is 0 Å². The lowest BCUT2D eigenvalue weighted by Gasteiger charge is -2.10. The van der Waals surface area contributed by atoms with Gasteiger partial charge in [0.25, 0.3) is 5.91 Å². The Balaban J connectivity index is 1.85. The highest BCUT2D eigenvalue weighted by Gasteiger charge is 2.30. The molecular weight excluding hydrogens is 290 g/mol. The predicted molar refractivity (Wildman–Crippen MR) is 81.3 cm³/mol. The maximum atomic E-state index is 12.3. The summed E-state index contributed by atoms with van der Waals surface area (Å²) in [6.07, 6.45) is 2.18. The van der Waals surface area contributed by atoms with Crippen molar-refractivity contribution in [1.29, 1.82) is 0 Å². The van der Waals surface area contributed by atoms with Crippen LogP contribution < -0.4 is 10.1 Å². The summed E-state index contributed by atoms with van der Waals surface area (Å²) in [6.45, 7) is 1.95. The first-order valence-electron chi connectivity index (χ1n) is 6.80. The van der Waals surface area contributed by atoms with Crippen LogP contribution in [0.1, 0.15) is 40.5 Å². The number of hydrogen-bond donors (Lipinski definition) is 2. The third kappa shape index (κ3) is 2.74. The molecular formula is C15H16ClN3O2. The van der Waals surface area contributed by atoms with Gasteiger partial charge in [0.15, 0.2) is 5.69 Å². The number of aromatic amines is 1. The molecule has 3 rings (SSSR count). The number of ether oxygens (including phenoxy) is 1. The zero-order chi connectivity index (χ0) is 15.0. The number of anilines is 1. The largest absolute Gasteiger partial charge is 0.495 e. The van der Waals surface area contributed by atoms with E-state index < -0.39 is 0 Å². The van der Waals surface area contributed by atoms with Gasteiger partial charge in [0, 0.05) is 5.92 Å². The van der Waals surface area contributed by atoms with E-state index in [1.807, 2.05) is 25.1 Å². The molecule has 0 aliphatic heterocycles. The van der Waals surface area contributed by atoms with Crippen LogP contribution in [0.15, 0.2) is 18.2 Å². The number of carbonyl (C=O) groups is 1. The van der Waals surface area contributed by atoms with Crippen LogP contribution in [0.5, 0.6) is 5.75 Å². The second-order valence-corrected chi connectivity index (χ2v) is 5.61. The number of amides is 1. The molecule has 5 nitrogen and oxygen atoms in total. The van der Waals surface area contributed by atoms with Gasteiger partial charge in [-0.2, -0.15) is 5.10 Å². The first-order chi connectivity index (χ1) is 10.1. The lowest BCUT2D eigenvalue weighted by molar-refractivity contribution is 0.102. The van der Waals surface area contributed by atoms with Crippen molar-refractivity contribution in [2.24, 2.45) is 0 Å². The average molecular weight is 306 g/mol. The van der Waals surface area contributed by atoms with Crippen LogP contribution in [-0.4, -0.2) is 23.2 Å². The smallest absolute Gasteiger partial charge is 0.277 e. The Hall–Kier alpha value is -2.01. The van der Waals surface area contributed by atoms with E-state index in [4.69, 9.17) is 16.3 Å². The number of rotatable bonds is 4. The van der Waals surface area contributed by atoms with Crippen molar-refractivity contribution < 1.29 is 9.53 Å². The van der Waals surface area contributed by atoms with Crippen molar-refractivity contribution in [3.05, 3.63) is 40.2 Å². The van der Waals surface area contributed by atoms with Crippen molar-refractivity contribution in [2.75, 3.05) is 12.4 Å². The molecule has 0 bridgehead atoms. The minimum Gasteiger partial charge on any atom is -0.495 e. The summed E-state index contributed by atoms with van der Waals surface area (Å²) in [5, 5.41) is 10.1. The fourth-order valence-electron chi connectivity index (χ4n) is 2.24. The van der Waals surface area contributed by atoms with E-state index in [0.717, 1.165) is 24.1 Å². The number of nitrogens with zero attached hydrogens (tertiary/aromatic N) is 1. The third-order valence-corrected chi connectivity index (χ3v) is 3.92. The van der Waals surface area contributed by atoms with Gasteiger partial charge in [-0.15, -0.1) is 0 Å². The van der Waals surface area contributed by atoms with Crippen molar-refractivity contribution in [1.82, 2.24) is 10.2 Å². The standard InChI is InChI=1S/C15H16ClN3O2/c1-8-3-6-11(21-2)10(7-8)17-15(20)14-12(16)13(18-19-14)9-4-5-9/h3,6-7,9H,4-5H2,1-2H3,(H,17,20)(H,18,19). The Morgan fingerprint density at radius 1 is 1.48 bits per heavy atom. The molecule has 0 atom stereocenters. The molecule has 1 saturated carbocycles. The summed E-state index contributed by atoms with van der Waals surface area (Å²) in [7, 11) is 1.56. The molecule has 21 heavy (non-hydrogen) atoms. The average Bonchev–Trinajstić information content (AvgIpc) is 3.22. The quantitative estimate of drug-likeness (QED) is 0.908. The normalized spacial score (nSPS) is 14.0. The Morgan fingerprint density at radius 3 is 2.90 bits per heavy atom. The van der Waals surface area contributed by atoms with Gasteiger partial charge in [-0.25, -0.2) is 0 Å². The first-order valence-corrected chi connectivity index (χ1v) is 7.17. The van der Waals surface area contributed by atoms with E-state index in [0.29, 0.717) is 22.4 Å². The predicted octanol–water partition coefficient (Wildman–Crippen LogP) is 3.51. The third-order valence-electron chi connectivity index (χ3n) is 3.54. The molecule has 2 N–H and O–H groups in total. The molecule has 0 radical (unpaired) electrons. The van der Waals surface area contributed by atoms with E-state index in [9.17, 15) is 4.79 Å². The van der Waals surface area contributed by atoms with Gasteiger partial charge < -0.3 is 10.1 Å². The van der Waals surface area contributed by atoms with Crippen LogP contribution in [0.25, 0.3) is 0 Å². The molecule has 0 saturated heterocycles. The zero-order valence-corrected chi connectivity index (χ0v) is 12.6. The van der Waals surface area contributed by atoms with Crippen molar-refractivity contribution in [3.8, 4) is 5.75 Å². The van der Waals surface area contributed by atoms with E-state index in [1.165, 1.54) is 0 Å². The highest BCUT2D eigenvalue weighted by molar-refractivity contribution is 6.34. The van der Waals surface area contributed by atoms with Crippen LogP contribution in [0.3, 0.4) is 0 Å². The summed E-state index contributed by atoms with van der Waals surface area (Å²) in [5.74, 6) is 0.676.